The van der Waals surface area contributed by atoms with Crippen molar-refractivity contribution in [1.82, 2.24) is 0 Å². The first-order chi connectivity index (χ1) is 24.8. The summed E-state index contributed by atoms with van der Waals surface area (Å²) in [5.74, 6) is 0. The molecule has 0 saturated carbocycles. The zero-order valence-electron chi connectivity index (χ0n) is 27.2. The van der Waals surface area contributed by atoms with E-state index in [4.69, 9.17) is 4.42 Å². The zero-order chi connectivity index (χ0) is 33.0. The van der Waals surface area contributed by atoms with Gasteiger partial charge in [0.25, 0.3) is 0 Å². The molecule has 0 N–H and O–H groups in total. The molecule has 0 aliphatic carbocycles. The number of thiophene rings is 1. The van der Waals surface area contributed by atoms with Crippen molar-refractivity contribution >= 4 is 75.6 Å². The van der Waals surface area contributed by atoms with E-state index in [0.29, 0.717) is 6.54 Å². The van der Waals surface area contributed by atoms with Crippen LogP contribution in [0, 0.1) is 0 Å². The maximum Gasteiger partial charge on any atom is 0.137 e. The molecule has 0 aliphatic rings. The Morgan fingerprint density at radius 3 is 2.04 bits per heavy atom. The van der Waals surface area contributed by atoms with Crippen molar-refractivity contribution in [2.45, 2.75) is 6.54 Å². The fraction of sp³-hybridized carbons (Fsp3) is 0.0213. The Balaban J connectivity index is 1.07. The van der Waals surface area contributed by atoms with E-state index < -0.39 is 0 Å². The molecule has 0 aliphatic heterocycles. The third-order valence-corrected chi connectivity index (χ3v) is 11.2. The smallest absolute Gasteiger partial charge is 0.137 e. The van der Waals surface area contributed by atoms with Gasteiger partial charge >= 0.3 is 0 Å². The molecule has 10 aromatic rings. The zero-order valence-corrected chi connectivity index (χ0v) is 28.0. The largest absolute Gasteiger partial charge is 0.456 e. The molecule has 0 spiro atoms. The second kappa shape index (κ2) is 11.8. The van der Waals surface area contributed by atoms with Crippen LogP contribution < -0.4 is 4.90 Å². The molecule has 0 amide bonds. The summed E-state index contributed by atoms with van der Waals surface area (Å²) in [5.41, 5.74) is 10.2. The van der Waals surface area contributed by atoms with Gasteiger partial charge in [-0.3, -0.25) is 0 Å². The molecule has 0 radical (unpaired) electrons. The van der Waals surface area contributed by atoms with Gasteiger partial charge in [-0.1, -0.05) is 127 Å². The summed E-state index contributed by atoms with van der Waals surface area (Å²) in [4.78, 5) is 2.40. The topological polar surface area (TPSA) is 16.4 Å². The monoisotopic (exact) mass is 657 g/mol. The maximum absolute atomic E-state index is 6.36. The van der Waals surface area contributed by atoms with Crippen molar-refractivity contribution in [2.24, 2.45) is 0 Å². The average molecular weight is 658 g/mol. The predicted molar refractivity (Wildman–Crippen MR) is 214 cm³/mol. The summed E-state index contributed by atoms with van der Waals surface area (Å²) >= 11 is 1.89. The summed E-state index contributed by atoms with van der Waals surface area (Å²) < 4.78 is 9.04. The molecule has 3 heteroatoms. The van der Waals surface area contributed by atoms with Gasteiger partial charge in [-0.15, -0.1) is 11.3 Å². The van der Waals surface area contributed by atoms with Crippen LogP contribution in [0.3, 0.4) is 0 Å². The molecule has 0 unspecified atom stereocenters. The number of para-hydroxylation sites is 1. The first kappa shape index (κ1) is 28.8. The first-order valence-corrected chi connectivity index (χ1v) is 17.9. The highest BCUT2D eigenvalue weighted by Crippen LogP contribution is 2.41. The van der Waals surface area contributed by atoms with Crippen molar-refractivity contribution in [3.05, 3.63) is 181 Å². The minimum atomic E-state index is 0.705. The van der Waals surface area contributed by atoms with E-state index in [2.05, 4.69) is 169 Å². The van der Waals surface area contributed by atoms with Gasteiger partial charge in [0.15, 0.2) is 0 Å². The summed E-state index contributed by atoms with van der Waals surface area (Å²) in [5, 5.41) is 7.53. The highest BCUT2D eigenvalue weighted by atomic mass is 32.1. The molecular weight excluding hydrogens is 627 g/mol. The van der Waals surface area contributed by atoms with E-state index in [1.165, 1.54) is 58.8 Å². The third-order valence-electron chi connectivity index (χ3n) is 9.98. The lowest BCUT2D eigenvalue weighted by molar-refractivity contribution is 0.669. The molecular formula is C47H31NOS. The number of anilines is 2. The molecule has 2 aromatic heterocycles. The highest BCUT2D eigenvalue weighted by molar-refractivity contribution is 7.26. The number of fused-ring (bicyclic) bond motifs is 8. The highest BCUT2D eigenvalue weighted by Gasteiger charge is 2.17. The van der Waals surface area contributed by atoms with Crippen molar-refractivity contribution < 1.29 is 4.42 Å². The molecule has 2 nitrogen and oxygen atoms in total. The quantitative estimate of drug-likeness (QED) is 0.177. The third kappa shape index (κ3) is 4.86. The van der Waals surface area contributed by atoms with Crippen molar-refractivity contribution in [2.75, 3.05) is 4.90 Å². The second-order valence-corrected chi connectivity index (χ2v) is 14.0. The number of rotatable bonds is 6. The summed E-state index contributed by atoms with van der Waals surface area (Å²) in [7, 11) is 0. The van der Waals surface area contributed by atoms with Gasteiger partial charge in [-0.05, 0) is 81.1 Å². The van der Waals surface area contributed by atoms with Gasteiger partial charge in [-0.2, -0.15) is 0 Å². The van der Waals surface area contributed by atoms with Gasteiger partial charge in [0, 0.05) is 54.9 Å². The Morgan fingerprint density at radius 1 is 0.440 bits per heavy atom. The normalized spacial score (nSPS) is 11.7. The van der Waals surface area contributed by atoms with Gasteiger partial charge in [-0.25, -0.2) is 0 Å². The minimum Gasteiger partial charge on any atom is -0.456 e. The number of furan rings is 1. The van der Waals surface area contributed by atoms with Gasteiger partial charge in [0.2, 0.25) is 0 Å². The molecule has 50 heavy (non-hydrogen) atoms. The van der Waals surface area contributed by atoms with E-state index in [1.807, 2.05) is 23.5 Å². The van der Waals surface area contributed by atoms with Gasteiger partial charge in [0.05, 0.1) is 0 Å². The Hall–Kier alpha value is -6.16. The lowest BCUT2D eigenvalue weighted by Crippen LogP contribution is -2.17. The minimum absolute atomic E-state index is 0.705. The van der Waals surface area contributed by atoms with Crippen LogP contribution in [-0.4, -0.2) is 0 Å². The van der Waals surface area contributed by atoms with E-state index >= 15 is 0 Å². The van der Waals surface area contributed by atoms with Crippen molar-refractivity contribution in [3.8, 4) is 22.3 Å². The number of benzene rings is 8. The van der Waals surface area contributed by atoms with E-state index in [1.54, 1.807) is 0 Å². The molecule has 0 saturated heterocycles. The van der Waals surface area contributed by atoms with Crippen LogP contribution >= 0.6 is 11.3 Å². The molecule has 2 heterocycles. The Bertz CT molecular complexity index is 2850. The van der Waals surface area contributed by atoms with E-state index in [9.17, 15) is 0 Å². The van der Waals surface area contributed by atoms with E-state index in [0.717, 1.165) is 33.3 Å². The van der Waals surface area contributed by atoms with Crippen LogP contribution in [-0.2, 0) is 6.54 Å². The average Bonchev–Trinajstić information content (AvgIpc) is 3.75. The molecule has 0 bridgehead atoms. The molecule has 10 rings (SSSR count). The van der Waals surface area contributed by atoms with Crippen molar-refractivity contribution in [1.29, 1.82) is 0 Å². The van der Waals surface area contributed by atoms with E-state index in [-0.39, 0.29) is 0 Å². The van der Waals surface area contributed by atoms with Crippen LogP contribution in [0.4, 0.5) is 11.4 Å². The summed E-state index contributed by atoms with van der Waals surface area (Å²) in [6.45, 7) is 0.705. The predicted octanol–water partition coefficient (Wildman–Crippen LogP) is 13.8. The fourth-order valence-electron chi connectivity index (χ4n) is 7.46. The van der Waals surface area contributed by atoms with Crippen LogP contribution in [0.25, 0.3) is 75.1 Å². The van der Waals surface area contributed by atoms with Crippen LogP contribution in [0.15, 0.2) is 180 Å². The molecule has 8 aromatic carbocycles. The van der Waals surface area contributed by atoms with Crippen molar-refractivity contribution in [3.63, 3.8) is 0 Å². The second-order valence-electron chi connectivity index (χ2n) is 12.9. The first-order valence-electron chi connectivity index (χ1n) is 17.0. The summed E-state index contributed by atoms with van der Waals surface area (Å²) in [6.07, 6.45) is 0. The Morgan fingerprint density at radius 2 is 1.14 bits per heavy atom. The van der Waals surface area contributed by atoms with Crippen LogP contribution in [0.1, 0.15) is 5.56 Å². The lowest BCUT2D eigenvalue weighted by Gasteiger charge is -2.27. The number of nitrogens with zero attached hydrogens (tertiary/aromatic N) is 1. The lowest BCUT2D eigenvalue weighted by atomic mass is 9.98. The van der Waals surface area contributed by atoms with Crippen LogP contribution in [0.5, 0.6) is 0 Å². The number of hydrogen-bond donors (Lipinski definition) is 0. The SMILES string of the molecule is c1ccc(-c2ccccc2CN(c2ccc(-c3ccc4sc5c6ccccc6ccc5c4c3)cc2)c2ccc3c(c2)oc2ccccc23)cc1. The Kier molecular flexibility index (Phi) is 6.78. The Labute approximate surface area is 294 Å². The maximum atomic E-state index is 6.36. The van der Waals surface area contributed by atoms with Crippen LogP contribution in [0.2, 0.25) is 0 Å². The van der Waals surface area contributed by atoms with Gasteiger partial charge in [0.1, 0.15) is 11.2 Å². The number of hydrogen-bond acceptors (Lipinski definition) is 3. The standard InChI is InChI=1S/C47H31NOS/c1-2-10-32(11-3-1)38-14-6-5-13-35(38)30-48(37-24-26-41-40-16-8-9-17-44(40)49-45(41)29-37)36-22-18-31(19-23-36)34-21-27-46-43(28-34)42-25-20-33-12-4-7-15-39(33)47(42)50-46/h1-29H,30H2. The molecule has 236 valence electrons. The van der Waals surface area contributed by atoms with Gasteiger partial charge < -0.3 is 9.32 Å². The molecule has 0 fully saturated rings. The summed E-state index contributed by atoms with van der Waals surface area (Å²) in [6, 6.07) is 63.4. The molecule has 0 atom stereocenters. The fourth-order valence-corrected chi connectivity index (χ4v) is 8.68.